The summed E-state index contributed by atoms with van der Waals surface area (Å²) >= 11 is 1.63. The molecule has 0 aliphatic carbocycles. The predicted molar refractivity (Wildman–Crippen MR) is 56.5 cm³/mol. The monoisotopic (exact) mass is 222 g/mol. The van der Waals surface area contributed by atoms with Crippen molar-refractivity contribution < 1.29 is 14.3 Å². The predicted octanol–water partition coefficient (Wildman–Crippen LogP) is 1.85. The Bertz CT molecular complexity index is 407. The molecule has 3 rings (SSSR count). The summed E-state index contributed by atoms with van der Waals surface area (Å²) < 4.78 is 10.6. The van der Waals surface area contributed by atoms with E-state index in [1.807, 2.05) is 22.9 Å². The molecule has 2 atom stereocenters. The minimum Gasteiger partial charge on any atom is -0.343 e. The molecule has 0 unspecified atom stereocenters. The number of Topliss-reactive ketones (excluding diaryl/α,β-unsaturated/α-hetero) is 1. The third-order valence-corrected chi connectivity index (χ3v) is 3.31. The van der Waals surface area contributed by atoms with Crippen LogP contribution in [0.3, 0.4) is 0 Å². The van der Waals surface area contributed by atoms with Crippen molar-refractivity contribution in [2.75, 3.05) is 6.61 Å². The molecule has 0 N–H and O–H groups in total. The highest BCUT2D eigenvalue weighted by Gasteiger charge is 2.39. The van der Waals surface area contributed by atoms with E-state index in [1.54, 1.807) is 11.3 Å². The maximum Gasteiger partial charge on any atom is 0.222 e. The summed E-state index contributed by atoms with van der Waals surface area (Å²) in [6, 6.07) is 2.00. The van der Waals surface area contributed by atoms with Gasteiger partial charge < -0.3 is 9.47 Å². The standard InChI is InChI=1S/C11H10O3S/c12-10-8(3-7-1-2-15-6-7)4-9-5-13-11(10)14-9/h1-3,6,9,11H,4-5H2/b8-3+/t9-,11+/m0/s1. The summed E-state index contributed by atoms with van der Waals surface area (Å²) in [5.74, 6) is -0.0186. The van der Waals surface area contributed by atoms with E-state index in [0.717, 1.165) is 11.1 Å². The third kappa shape index (κ3) is 1.65. The Morgan fingerprint density at radius 2 is 2.47 bits per heavy atom. The largest absolute Gasteiger partial charge is 0.343 e. The molecule has 0 radical (unpaired) electrons. The molecule has 78 valence electrons. The van der Waals surface area contributed by atoms with Gasteiger partial charge in [-0.05, 0) is 28.5 Å². The van der Waals surface area contributed by atoms with Gasteiger partial charge in [0.2, 0.25) is 12.1 Å². The fourth-order valence-corrected chi connectivity index (χ4v) is 2.50. The van der Waals surface area contributed by atoms with E-state index in [4.69, 9.17) is 9.47 Å². The van der Waals surface area contributed by atoms with Crippen LogP contribution in [0.25, 0.3) is 6.08 Å². The Labute approximate surface area is 91.3 Å². The van der Waals surface area contributed by atoms with Crippen LogP contribution in [0.5, 0.6) is 0 Å². The lowest BCUT2D eigenvalue weighted by Crippen LogP contribution is -2.30. The normalized spacial score (nSPS) is 32.5. The summed E-state index contributed by atoms with van der Waals surface area (Å²) in [6.45, 7) is 0.539. The number of thiophene rings is 1. The lowest BCUT2D eigenvalue weighted by atomic mass is 10.0. The van der Waals surface area contributed by atoms with Gasteiger partial charge in [-0.15, -0.1) is 0 Å². The summed E-state index contributed by atoms with van der Waals surface area (Å²) in [5.41, 5.74) is 1.91. The second-order valence-corrected chi connectivity index (χ2v) is 4.50. The molecule has 15 heavy (non-hydrogen) atoms. The first-order valence-corrected chi connectivity index (χ1v) is 5.81. The van der Waals surface area contributed by atoms with Crippen LogP contribution in [0.1, 0.15) is 12.0 Å². The van der Waals surface area contributed by atoms with E-state index in [9.17, 15) is 4.79 Å². The molecule has 0 amide bonds. The van der Waals surface area contributed by atoms with Gasteiger partial charge in [-0.3, -0.25) is 4.79 Å². The third-order valence-electron chi connectivity index (χ3n) is 2.61. The van der Waals surface area contributed by atoms with Crippen molar-refractivity contribution >= 4 is 23.2 Å². The number of ketones is 1. The Morgan fingerprint density at radius 1 is 1.53 bits per heavy atom. The highest BCUT2D eigenvalue weighted by molar-refractivity contribution is 7.08. The van der Waals surface area contributed by atoms with Crippen LogP contribution < -0.4 is 0 Å². The molecule has 1 aromatic heterocycles. The minimum absolute atomic E-state index is 0.0186. The maximum absolute atomic E-state index is 11.8. The van der Waals surface area contributed by atoms with Gasteiger partial charge in [-0.2, -0.15) is 11.3 Å². The molecular formula is C11H10O3S. The molecular weight excluding hydrogens is 212 g/mol. The van der Waals surface area contributed by atoms with Crippen LogP contribution in [0.15, 0.2) is 22.4 Å². The second kappa shape index (κ2) is 3.56. The number of hydrogen-bond donors (Lipinski definition) is 0. The Morgan fingerprint density at radius 3 is 3.27 bits per heavy atom. The van der Waals surface area contributed by atoms with Gasteiger partial charge >= 0.3 is 0 Å². The van der Waals surface area contributed by atoms with Crippen molar-refractivity contribution in [2.45, 2.75) is 18.8 Å². The number of carbonyl (C=O) groups is 1. The molecule has 2 fully saturated rings. The van der Waals surface area contributed by atoms with Gasteiger partial charge in [0.25, 0.3) is 0 Å². The SMILES string of the molecule is O=C1/C(=C/c2ccsc2)C[C@H]2CO[C@@H]1O2. The fraction of sp³-hybridized carbons (Fsp3) is 0.364. The van der Waals surface area contributed by atoms with E-state index in [0.29, 0.717) is 13.0 Å². The molecule has 0 saturated carbocycles. The maximum atomic E-state index is 11.8. The van der Waals surface area contributed by atoms with Crippen LogP contribution >= 0.6 is 11.3 Å². The number of carbonyl (C=O) groups excluding carboxylic acids is 1. The highest BCUT2D eigenvalue weighted by Crippen LogP contribution is 2.29. The smallest absolute Gasteiger partial charge is 0.222 e. The van der Waals surface area contributed by atoms with Crippen LogP contribution in [0, 0.1) is 0 Å². The van der Waals surface area contributed by atoms with E-state index >= 15 is 0 Å². The number of hydrogen-bond acceptors (Lipinski definition) is 4. The van der Waals surface area contributed by atoms with Gasteiger partial charge in [0.1, 0.15) is 0 Å². The Hall–Kier alpha value is -0.970. The van der Waals surface area contributed by atoms with Crippen LogP contribution in [-0.4, -0.2) is 24.8 Å². The highest BCUT2D eigenvalue weighted by atomic mass is 32.1. The lowest BCUT2D eigenvalue weighted by Gasteiger charge is -2.18. The molecule has 4 heteroatoms. The quantitative estimate of drug-likeness (QED) is 0.680. The van der Waals surface area contributed by atoms with Crippen molar-refractivity contribution in [3.05, 3.63) is 28.0 Å². The van der Waals surface area contributed by atoms with Crippen molar-refractivity contribution in [1.29, 1.82) is 0 Å². The molecule has 3 nitrogen and oxygen atoms in total. The molecule has 0 spiro atoms. The topological polar surface area (TPSA) is 35.5 Å². The van der Waals surface area contributed by atoms with E-state index < -0.39 is 6.29 Å². The zero-order valence-electron chi connectivity index (χ0n) is 8.01. The van der Waals surface area contributed by atoms with Crippen LogP contribution in [0.2, 0.25) is 0 Å². The van der Waals surface area contributed by atoms with E-state index in [-0.39, 0.29) is 11.9 Å². The molecule has 2 aliphatic rings. The van der Waals surface area contributed by atoms with Crippen molar-refractivity contribution in [1.82, 2.24) is 0 Å². The summed E-state index contributed by atoms with van der Waals surface area (Å²) in [7, 11) is 0. The molecule has 2 saturated heterocycles. The zero-order chi connectivity index (χ0) is 10.3. The molecule has 0 aromatic carbocycles. The molecule has 2 bridgehead atoms. The molecule has 2 aliphatic heterocycles. The first kappa shape index (κ1) is 9.27. The van der Waals surface area contributed by atoms with Gasteiger partial charge in [0, 0.05) is 12.0 Å². The average Bonchev–Trinajstić information content (AvgIpc) is 2.84. The van der Waals surface area contributed by atoms with Crippen LogP contribution in [0.4, 0.5) is 0 Å². The summed E-state index contributed by atoms with van der Waals surface area (Å²) in [5, 5.41) is 4.03. The Kier molecular flexibility index (Phi) is 2.20. The van der Waals surface area contributed by atoms with Crippen molar-refractivity contribution in [3.8, 4) is 0 Å². The zero-order valence-corrected chi connectivity index (χ0v) is 8.83. The van der Waals surface area contributed by atoms with Crippen molar-refractivity contribution in [2.24, 2.45) is 0 Å². The number of rotatable bonds is 1. The molecule has 1 aromatic rings. The van der Waals surface area contributed by atoms with Gasteiger partial charge in [0.05, 0.1) is 12.7 Å². The van der Waals surface area contributed by atoms with Gasteiger partial charge in [0.15, 0.2) is 0 Å². The number of ether oxygens (including phenoxy) is 2. The summed E-state index contributed by atoms with van der Waals surface area (Å²) in [6.07, 6.45) is 2.03. The minimum atomic E-state index is -0.645. The fourth-order valence-electron chi connectivity index (χ4n) is 1.88. The second-order valence-electron chi connectivity index (χ2n) is 3.72. The molecule has 3 heterocycles. The summed E-state index contributed by atoms with van der Waals surface area (Å²) in [4.78, 5) is 11.8. The Balaban J connectivity index is 1.90. The number of fused-ring (bicyclic) bond motifs is 2. The first-order chi connectivity index (χ1) is 7.33. The van der Waals surface area contributed by atoms with Crippen molar-refractivity contribution in [3.63, 3.8) is 0 Å². The van der Waals surface area contributed by atoms with Gasteiger partial charge in [-0.25, -0.2) is 0 Å². The van der Waals surface area contributed by atoms with Crippen LogP contribution in [-0.2, 0) is 14.3 Å². The lowest BCUT2D eigenvalue weighted by molar-refractivity contribution is -0.146. The van der Waals surface area contributed by atoms with E-state index in [1.165, 1.54) is 0 Å². The first-order valence-electron chi connectivity index (χ1n) is 4.87. The van der Waals surface area contributed by atoms with E-state index in [2.05, 4.69) is 0 Å². The average molecular weight is 222 g/mol. The van der Waals surface area contributed by atoms with Gasteiger partial charge in [-0.1, -0.05) is 0 Å².